The second kappa shape index (κ2) is 5.30. The highest BCUT2D eigenvalue weighted by atomic mass is 16.5. The van der Waals surface area contributed by atoms with Crippen molar-refractivity contribution in [3.05, 3.63) is 22.7 Å². The van der Waals surface area contributed by atoms with Crippen LogP contribution in [-0.4, -0.2) is 41.9 Å². The third kappa shape index (κ3) is 2.79. The maximum absolute atomic E-state index is 12.6. The Kier molecular flexibility index (Phi) is 3.91. The first-order valence-electron chi connectivity index (χ1n) is 6.57. The van der Waals surface area contributed by atoms with E-state index >= 15 is 0 Å². The second-order valence-corrected chi connectivity index (χ2v) is 5.75. The summed E-state index contributed by atoms with van der Waals surface area (Å²) in [6.07, 6.45) is 3.40. The van der Waals surface area contributed by atoms with Crippen LogP contribution in [-0.2, 0) is 10.3 Å². The van der Waals surface area contributed by atoms with Crippen LogP contribution >= 0.6 is 0 Å². The summed E-state index contributed by atoms with van der Waals surface area (Å²) < 4.78 is 7.11. The predicted molar refractivity (Wildman–Crippen MR) is 74.5 cm³/mol. The molecular weight excluding hydrogens is 244 g/mol. The van der Waals surface area contributed by atoms with Gasteiger partial charge in [-0.15, -0.1) is 0 Å². The van der Waals surface area contributed by atoms with E-state index in [0.29, 0.717) is 32.1 Å². The van der Waals surface area contributed by atoms with E-state index in [0.717, 1.165) is 0 Å². The van der Waals surface area contributed by atoms with Gasteiger partial charge in [-0.25, -0.2) is 4.98 Å². The lowest BCUT2D eigenvalue weighted by atomic mass is 10.1. The van der Waals surface area contributed by atoms with Crippen molar-refractivity contribution in [3.63, 3.8) is 0 Å². The Hall–Kier alpha value is -1.40. The third-order valence-electron chi connectivity index (χ3n) is 3.32. The van der Waals surface area contributed by atoms with E-state index in [1.54, 1.807) is 17.0 Å². The Morgan fingerprint density at radius 2 is 2.26 bits per heavy atom. The molecule has 1 atom stereocenters. The number of morpholine rings is 1. The molecule has 2 rings (SSSR count). The summed E-state index contributed by atoms with van der Waals surface area (Å²) in [4.78, 5) is 18.8. The van der Waals surface area contributed by atoms with Gasteiger partial charge in [0, 0.05) is 31.0 Å². The van der Waals surface area contributed by atoms with Gasteiger partial charge >= 0.3 is 0 Å². The van der Waals surface area contributed by atoms with Crippen LogP contribution in [0.2, 0.25) is 0 Å². The minimum absolute atomic E-state index is 0.0183. The molecule has 0 aromatic carbocycles. The van der Waals surface area contributed by atoms with Crippen molar-refractivity contribution in [2.45, 2.75) is 32.4 Å². The van der Waals surface area contributed by atoms with Gasteiger partial charge in [0.05, 0.1) is 19.3 Å². The quantitative estimate of drug-likeness (QED) is 0.825. The van der Waals surface area contributed by atoms with Gasteiger partial charge in [-0.2, -0.15) is 0 Å². The van der Waals surface area contributed by atoms with Crippen molar-refractivity contribution in [3.8, 4) is 0 Å². The molecule has 6 heteroatoms. The van der Waals surface area contributed by atoms with Crippen LogP contribution < -0.4 is 16.2 Å². The summed E-state index contributed by atoms with van der Waals surface area (Å²) in [5.74, 6) is 0.469. The van der Waals surface area contributed by atoms with Gasteiger partial charge in [0.25, 0.3) is 5.56 Å². The van der Waals surface area contributed by atoms with Crippen LogP contribution in [0.5, 0.6) is 0 Å². The smallest absolute Gasteiger partial charge is 0.294 e. The molecule has 0 saturated carbocycles. The standard InChI is InChI=1S/C13H22N4O2/c1-13(2,3)17-5-4-15-11(12(17)18)16-6-7-19-9-10(16)8-14/h4-5,10H,6-9,14H2,1-3H3. The van der Waals surface area contributed by atoms with E-state index in [9.17, 15) is 4.79 Å². The van der Waals surface area contributed by atoms with Crippen LogP contribution in [0.15, 0.2) is 17.2 Å². The number of aromatic nitrogens is 2. The monoisotopic (exact) mass is 266 g/mol. The molecule has 19 heavy (non-hydrogen) atoms. The maximum atomic E-state index is 12.6. The first-order chi connectivity index (χ1) is 8.95. The molecule has 1 aliphatic rings. The second-order valence-electron chi connectivity index (χ2n) is 5.75. The molecule has 106 valence electrons. The summed E-state index contributed by atoms with van der Waals surface area (Å²) >= 11 is 0. The van der Waals surface area contributed by atoms with Crippen LogP contribution in [0.25, 0.3) is 0 Å². The minimum atomic E-state index is -0.265. The summed E-state index contributed by atoms with van der Waals surface area (Å²) in [5.41, 5.74) is 5.41. The third-order valence-corrected chi connectivity index (χ3v) is 3.32. The molecule has 6 nitrogen and oxygen atoms in total. The molecule has 1 unspecified atom stereocenters. The fourth-order valence-corrected chi connectivity index (χ4v) is 2.26. The largest absolute Gasteiger partial charge is 0.377 e. The average Bonchev–Trinajstić information content (AvgIpc) is 2.37. The van der Waals surface area contributed by atoms with Crippen LogP contribution in [0, 0.1) is 0 Å². The van der Waals surface area contributed by atoms with Crippen LogP contribution in [0.4, 0.5) is 5.82 Å². The molecule has 1 saturated heterocycles. The number of hydrogen-bond donors (Lipinski definition) is 1. The van der Waals surface area contributed by atoms with Crippen molar-refractivity contribution in [2.24, 2.45) is 5.73 Å². The SMILES string of the molecule is CC(C)(C)n1ccnc(N2CCOCC2CN)c1=O. The molecule has 0 bridgehead atoms. The Morgan fingerprint density at radius 1 is 1.53 bits per heavy atom. The van der Waals surface area contributed by atoms with Crippen molar-refractivity contribution >= 4 is 5.82 Å². The van der Waals surface area contributed by atoms with Crippen molar-refractivity contribution in [1.82, 2.24) is 9.55 Å². The van der Waals surface area contributed by atoms with Gasteiger partial charge in [0.1, 0.15) is 0 Å². The fourth-order valence-electron chi connectivity index (χ4n) is 2.26. The molecule has 0 aliphatic carbocycles. The van der Waals surface area contributed by atoms with Gasteiger partial charge in [-0.05, 0) is 20.8 Å². The lowest BCUT2D eigenvalue weighted by Crippen LogP contribution is -2.52. The van der Waals surface area contributed by atoms with E-state index in [1.165, 1.54) is 0 Å². The highest BCUT2D eigenvalue weighted by Crippen LogP contribution is 2.15. The Morgan fingerprint density at radius 3 is 2.89 bits per heavy atom. The molecular formula is C13H22N4O2. The highest BCUT2D eigenvalue weighted by Gasteiger charge is 2.27. The zero-order chi connectivity index (χ0) is 14.0. The summed E-state index contributed by atoms with van der Waals surface area (Å²) in [6.45, 7) is 8.24. The molecule has 0 spiro atoms. The van der Waals surface area contributed by atoms with Crippen LogP contribution in [0.1, 0.15) is 20.8 Å². The van der Waals surface area contributed by atoms with Crippen molar-refractivity contribution < 1.29 is 4.74 Å². The Bertz CT molecular complexity index is 492. The molecule has 0 amide bonds. The lowest BCUT2D eigenvalue weighted by Gasteiger charge is -2.36. The fraction of sp³-hybridized carbons (Fsp3) is 0.692. The van der Waals surface area contributed by atoms with Gasteiger partial charge in [0.15, 0.2) is 5.82 Å². The van der Waals surface area contributed by atoms with E-state index in [2.05, 4.69) is 4.98 Å². The summed E-state index contributed by atoms with van der Waals surface area (Å²) in [6, 6.07) is 0.0183. The normalized spacial score (nSPS) is 20.6. The van der Waals surface area contributed by atoms with Gasteiger partial charge in [0.2, 0.25) is 0 Å². The van der Waals surface area contributed by atoms with Gasteiger partial charge < -0.3 is 19.9 Å². The van der Waals surface area contributed by atoms with E-state index in [1.807, 2.05) is 25.7 Å². The Balaban J connectivity index is 2.42. The van der Waals surface area contributed by atoms with E-state index in [4.69, 9.17) is 10.5 Å². The molecule has 1 aliphatic heterocycles. The van der Waals surface area contributed by atoms with E-state index in [-0.39, 0.29) is 17.1 Å². The van der Waals surface area contributed by atoms with Gasteiger partial charge in [-0.3, -0.25) is 4.79 Å². The number of ether oxygens (including phenoxy) is 1. The average molecular weight is 266 g/mol. The number of nitrogens with zero attached hydrogens (tertiary/aromatic N) is 3. The number of anilines is 1. The highest BCUT2D eigenvalue weighted by molar-refractivity contribution is 5.38. The van der Waals surface area contributed by atoms with Crippen LogP contribution in [0.3, 0.4) is 0 Å². The van der Waals surface area contributed by atoms with Crippen molar-refractivity contribution in [1.29, 1.82) is 0 Å². The molecule has 1 fully saturated rings. The maximum Gasteiger partial charge on any atom is 0.294 e. The molecule has 1 aromatic heterocycles. The van der Waals surface area contributed by atoms with E-state index < -0.39 is 0 Å². The topological polar surface area (TPSA) is 73.4 Å². The molecule has 1 aromatic rings. The zero-order valence-corrected chi connectivity index (χ0v) is 11.8. The molecule has 0 radical (unpaired) electrons. The lowest BCUT2D eigenvalue weighted by molar-refractivity contribution is 0.0956. The first-order valence-corrected chi connectivity index (χ1v) is 6.57. The molecule has 2 N–H and O–H groups in total. The number of hydrogen-bond acceptors (Lipinski definition) is 5. The summed E-state index contributed by atoms with van der Waals surface area (Å²) in [7, 11) is 0. The minimum Gasteiger partial charge on any atom is -0.377 e. The van der Waals surface area contributed by atoms with Gasteiger partial charge in [-0.1, -0.05) is 0 Å². The number of rotatable bonds is 2. The summed E-state index contributed by atoms with van der Waals surface area (Å²) in [5, 5.41) is 0. The predicted octanol–water partition coefficient (Wildman–Crippen LogP) is 0.162. The number of nitrogens with two attached hydrogens (primary N) is 1. The first kappa shape index (κ1) is 14.0. The molecule has 2 heterocycles. The Labute approximate surface area is 113 Å². The van der Waals surface area contributed by atoms with Crippen molar-refractivity contribution in [2.75, 3.05) is 31.2 Å². The zero-order valence-electron chi connectivity index (χ0n) is 11.8.